The molecule has 1 N–H and O–H groups in total. The van der Waals surface area contributed by atoms with Gasteiger partial charge in [0.05, 0.1) is 6.54 Å². The molecule has 2 fully saturated rings. The molecule has 1 aromatic carbocycles. The molecule has 3 rings (SSSR count). The molecule has 2 heterocycles. The molecule has 2 aliphatic rings. The molecule has 0 unspecified atom stereocenters. The molecule has 0 spiro atoms. The van der Waals surface area contributed by atoms with E-state index in [4.69, 9.17) is 0 Å². The van der Waals surface area contributed by atoms with E-state index in [0.29, 0.717) is 31.6 Å². The molecule has 0 aliphatic carbocycles. The van der Waals surface area contributed by atoms with Gasteiger partial charge in [-0.1, -0.05) is 0 Å². The molecule has 0 aromatic heterocycles. The van der Waals surface area contributed by atoms with Crippen LogP contribution in [0.1, 0.15) is 41.6 Å². The summed E-state index contributed by atoms with van der Waals surface area (Å²) < 4.78 is 52.6. The summed E-state index contributed by atoms with van der Waals surface area (Å²) in [6.45, 7) is 3.50. The lowest BCUT2D eigenvalue weighted by molar-refractivity contribution is -0.183. The highest BCUT2D eigenvalue weighted by Crippen LogP contribution is 2.32. The van der Waals surface area contributed by atoms with E-state index >= 15 is 0 Å². The van der Waals surface area contributed by atoms with Crippen molar-refractivity contribution in [3.8, 4) is 0 Å². The average molecular weight is 429 g/mol. The van der Waals surface area contributed by atoms with Gasteiger partial charge in [0.15, 0.2) is 0 Å². The van der Waals surface area contributed by atoms with Crippen LogP contribution in [0.25, 0.3) is 0 Å². The first kappa shape index (κ1) is 22.5. The van der Waals surface area contributed by atoms with E-state index in [0.717, 1.165) is 17.7 Å². The van der Waals surface area contributed by atoms with Crippen molar-refractivity contribution in [3.05, 3.63) is 35.1 Å². The quantitative estimate of drug-likeness (QED) is 0.732. The number of benzene rings is 1. The molecule has 9 heteroatoms. The number of piperidine rings is 1. The lowest BCUT2D eigenvalue weighted by Crippen LogP contribution is -2.49. The fourth-order valence-corrected chi connectivity index (χ4v) is 4.24. The summed E-state index contributed by atoms with van der Waals surface area (Å²) in [5.74, 6) is -1.04. The molecule has 5 nitrogen and oxygen atoms in total. The van der Waals surface area contributed by atoms with Crippen LogP contribution >= 0.6 is 0 Å². The van der Waals surface area contributed by atoms with E-state index in [2.05, 4.69) is 5.32 Å². The van der Waals surface area contributed by atoms with Crippen molar-refractivity contribution in [2.24, 2.45) is 5.92 Å². The van der Waals surface area contributed by atoms with Gasteiger partial charge in [-0.3, -0.25) is 14.5 Å². The Bertz CT molecular complexity index is 756. The monoisotopic (exact) mass is 429 g/mol. The smallest absolute Gasteiger partial charge is 0.352 e. The highest BCUT2D eigenvalue weighted by Gasteiger charge is 2.47. The third-order valence-corrected chi connectivity index (χ3v) is 5.87. The van der Waals surface area contributed by atoms with Crippen molar-refractivity contribution in [2.75, 3.05) is 32.7 Å². The van der Waals surface area contributed by atoms with E-state index in [1.54, 1.807) is 13.0 Å². The zero-order valence-corrected chi connectivity index (χ0v) is 17.0. The van der Waals surface area contributed by atoms with Gasteiger partial charge in [-0.05, 0) is 75.4 Å². The van der Waals surface area contributed by atoms with Gasteiger partial charge in [0.1, 0.15) is 11.9 Å². The number of amides is 2. The molecule has 1 aromatic rings. The van der Waals surface area contributed by atoms with Gasteiger partial charge in [0.25, 0.3) is 5.91 Å². The van der Waals surface area contributed by atoms with Gasteiger partial charge in [0, 0.05) is 18.7 Å². The summed E-state index contributed by atoms with van der Waals surface area (Å²) in [6, 6.07) is 2.51. The number of carbonyl (C=O) groups excluding carboxylic acids is 2. The minimum absolute atomic E-state index is 0.00573. The second-order valence-corrected chi connectivity index (χ2v) is 8.23. The van der Waals surface area contributed by atoms with Crippen molar-refractivity contribution in [1.82, 2.24) is 15.1 Å². The Kier molecular flexibility index (Phi) is 7.00. The highest BCUT2D eigenvalue weighted by atomic mass is 19.4. The van der Waals surface area contributed by atoms with E-state index < -0.39 is 23.9 Å². The van der Waals surface area contributed by atoms with Crippen LogP contribution in [0.4, 0.5) is 17.6 Å². The Labute approximate surface area is 173 Å². The first-order chi connectivity index (χ1) is 14.1. The minimum atomic E-state index is -4.38. The minimum Gasteiger partial charge on any atom is -0.352 e. The van der Waals surface area contributed by atoms with Gasteiger partial charge in [-0.15, -0.1) is 0 Å². The number of hydrogen-bond acceptors (Lipinski definition) is 3. The molecule has 1 atom stereocenters. The Morgan fingerprint density at radius 2 is 1.80 bits per heavy atom. The fraction of sp³-hybridized carbons (Fsp3) is 0.619. The summed E-state index contributed by atoms with van der Waals surface area (Å²) >= 11 is 0. The van der Waals surface area contributed by atoms with Gasteiger partial charge < -0.3 is 10.2 Å². The van der Waals surface area contributed by atoms with Crippen molar-refractivity contribution in [2.45, 2.75) is 44.8 Å². The van der Waals surface area contributed by atoms with Gasteiger partial charge in [0.2, 0.25) is 5.91 Å². The zero-order valence-electron chi connectivity index (χ0n) is 17.0. The summed E-state index contributed by atoms with van der Waals surface area (Å²) in [6.07, 6.45) is -2.56. The molecule has 2 aliphatic heterocycles. The summed E-state index contributed by atoms with van der Waals surface area (Å²) in [5, 5.41) is 2.82. The van der Waals surface area contributed by atoms with Crippen LogP contribution in [0.3, 0.4) is 0 Å². The van der Waals surface area contributed by atoms with E-state index in [-0.39, 0.29) is 36.9 Å². The lowest BCUT2D eigenvalue weighted by atomic mass is 9.96. The standard InChI is InChI=1S/C21H27F4N3O2/c1-14-9-16(11-17(22)10-14)20(30)26-12-15-4-7-27(8-5-15)13-19(29)28-6-2-3-18(28)21(23,24)25/h9-11,15,18H,2-8,12-13H2,1H3,(H,26,30)/t18-/m1/s1. The van der Waals surface area contributed by atoms with E-state index in [9.17, 15) is 27.2 Å². The largest absolute Gasteiger partial charge is 0.408 e. The zero-order chi connectivity index (χ0) is 21.9. The predicted molar refractivity (Wildman–Crippen MR) is 103 cm³/mol. The van der Waals surface area contributed by atoms with Gasteiger partial charge in [-0.2, -0.15) is 13.2 Å². The summed E-state index contributed by atoms with van der Waals surface area (Å²) in [5.41, 5.74) is 0.948. The normalized spacial score (nSPS) is 21.1. The van der Waals surface area contributed by atoms with Crippen LogP contribution in [-0.2, 0) is 4.79 Å². The Morgan fingerprint density at radius 1 is 1.10 bits per heavy atom. The van der Waals surface area contributed by atoms with Crippen molar-refractivity contribution >= 4 is 11.8 Å². The molecule has 30 heavy (non-hydrogen) atoms. The van der Waals surface area contributed by atoms with Crippen molar-refractivity contribution in [1.29, 1.82) is 0 Å². The molecule has 0 bridgehead atoms. The first-order valence-electron chi connectivity index (χ1n) is 10.3. The Balaban J connectivity index is 1.42. The van der Waals surface area contributed by atoms with Crippen molar-refractivity contribution < 1.29 is 27.2 Å². The maximum atomic E-state index is 13.5. The lowest BCUT2D eigenvalue weighted by Gasteiger charge is -2.34. The van der Waals surface area contributed by atoms with Crippen LogP contribution in [0.2, 0.25) is 0 Å². The van der Waals surface area contributed by atoms with Gasteiger partial charge in [-0.25, -0.2) is 4.39 Å². The van der Waals surface area contributed by atoms with Crippen molar-refractivity contribution in [3.63, 3.8) is 0 Å². The number of aryl methyl sites for hydroxylation is 1. The number of alkyl halides is 3. The molecule has 0 saturated carbocycles. The van der Waals surface area contributed by atoms with Crippen LogP contribution in [-0.4, -0.2) is 66.6 Å². The second kappa shape index (κ2) is 9.32. The number of halogens is 4. The van der Waals surface area contributed by atoms with Gasteiger partial charge >= 0.3 is 6.18 Å². The predicted octanol–water partition coefficient (Wildman–Crippen LogP) is 3.13. The summed E-state index contributed by atoms with van der Waals surface area (Å²) in [7, 11) is 0. The number of rotatable bonds is 5. The molecule has 166 valence electrons. The number of likely N-dealkylation sites (tertiary alicyclic amines) is 2. The molecule has 2 saturated heterocycles. The molecule has 2 amide bonds. The van der Waals surface area contributed by atoms with E-state index in [1.165, 1.54) is 12.1 Å². The molecular formula is C21H27F4N3O2. The highest BCUT2D eigenvalue weighted by molar-refractivity contribution is 5.94. The Hall–Kier alpha value is -2.16. The van der Waals surface area contributed by atoms with Crippen LogP contribution in [0.15, 0.2) is 18.2 Å². The third-order valence-electron chi connectivity index (χ3n) is 5.87. The van der Waals surface area contributed by atoms with Crippen LogP contribution < -0.4 is 5.32 Å². The fourth-order valence-electron chi connectivity index (χ4n) is 4.24. The van der Waals surface area contributed by atoms with Crippen LogP contribution in [0.5, 0.6) is 0 Å². The maximum Gasteiger partial charge on any atom is 0.408 e. The maximum absolute atomic E-state index is 13.5. The SMILES string of the molecule is Cc1cc(F)cc(C(=O)NCC2CCN(CC(=O)N3CCC[C@@H]3C(F)(F)F)CC2)c1. The number of nitrogens with one attached hydrogen (secondary N) is 1. The molecule has 0 radical (unpaired) electrons. The number of nitrogens with zero attached hydrogens (tertiary/aromatic N) is 2. The Morgan fingerprint density at radius 3 is 2.43 bits per heavy atom. The topological polar surface area (TPSA) is 52.7 Å². The third kappa shape index (κ3) is 5.71. The van der Waals surface area contributed by atoms with E-state index in [1.807, 2.05) is 4.90 Å². The second-order valence-electron chi connectivity index (χ2n) is 8.23. The summed E-state index contributed by atoms with van der Waals surface area (Å²) in [4.78, 5) is 27.4. The number of hydrogen-bond donors (Lipinski definition) is 1. The first-order valence-corrected chi connectivity index (χ1v) is 10.3. The molecular weight excluding hydrogens is 402 g/mol. The van der Waals surface area contributed by atoms with Crippen LogP contribution in [0, 0.1) is 18.7 Å². The average Bonchev–Trinajstić information content (AvgIpc) is 3.17. The number of carbonyl (C=O) groups is 2.